The van der Waals surface area contributed by atoms with E-state index in [2.05, 4.69) is 22.2 Å². The number of hydrogen-bond acceptors (Lipinski definition) is 8. The molecular weight excluding hydrogens is 444 g/mol. The number of thioether (sulfide) groups is 1. The van der Waals surface area contributed by atoms with E-state index in [9.17, 15) is 24.6 Å². The van der Waals surface area contributed by atoms with E-state index in [4.69, 9.17) is 0 Å². The van der Waals surface area contributed by atoms with E-state index in [1.807, 2.05) is 13.0 Å². The van der Waals surface area contributed by atoms with Gasteiger partial charge in [-0.25, -0.2) is 0 Å². The Morgan fingerprint density at radius 3 is 2.76 bits per heavy atom. The Kier molecular flexibility index (Phi) is 9.16. The van der Waals surface area contributed by atoms with Crippen molar-refractivity contribution in [3.8, 4) is 0 Å². The Labute approximate surface area is 198 Å². The molecule has 10 heteroatoms. The van der Waals surface area contributed by atoms with Gasteiger partial charge >= 0.3 is 0 Å². The smallest absolute Gasteiger partial charge is 0.249 e. The molecule has 0 saturated carbocycles. The molecule has 0 radical (unpaired) electrons. The number of amides is 1. The summed E-state index contributed by atoms with van der Waals surface area (Å²) in [6.07, 6.45) is 5.75. The molecule has 2 heterocycles. The molecule has 0 aliphatic carbocycles. The summed E-state index contributed by atoms with van der Waals surface area (Å²) in [4.78, 5) is 37.2. The molecule has 1 fully saturated rings. The Morgan fingerprint density at radius 2 is 2.12 bits per heavy atom. The number of nitrogens with one attached hydrogen (secondary N) is 1. The molecule has 1 aromatic heterocycles. The Hall–Kier alpha value is -2.30. The minimum absolute atomic E-state index is 0.0518. The number of aliphatic hydroxyl groups excluding tert-OH is 2. The summed E-state index contributed by atoms with van der Waals surface area (Å²) < 4.78 is 0.814. The molecule has 1 aliphatic rings. The van der Waals surface area contributed by atoms with Crippen LogP contribution in [0.1, 0.15) is 52.7 Å². The standard InChI is InChI=1S/C23H34N4O5S/c1-6-15(2)11-23(5)18(29)17(21(32)33-23)9-7-8-10-27-13-16(25-26-27)12-24-20(31)19(30)22(3,4)14-28/h6,11,13,17,19,28,30H,1,7-10,12,14H2,2-5H3,(H,24,31)/b15-11+/t17?,19-,23+/m0/s1. The number of unbranched alkanes of at least 4 members (excludes halogenated alkanes) is 1. The molecule has 1 aromatic rings. The van der Waals surface area contributed by atoms with Crippen molar-refractivity contribution in [1.82, 2.24) is 20.3 Å². The maximum atomic E-state index is 12.8. The number of aliphatic hydroxyl groups is 2. The van der Waals surface area contributed by atoms with Crippen LogP contribution in [0.2, 0.25) is 0 Å². The normalized spacial score (nSPS) is 22.5. The lowest BCUT2D eigenvalue weighted by Crippen LogP contribution is -2.45. The molecule has 1 saturated heterocycles. The molecule has 0 spiro atoms. The van der Waals surface area contributed by atoms with Gasteiger partial charge in [-0.1, -0.05) is 61.5 Å². The van der Waals surface area contributed by atoms with Gasteiger partial charge < -0.3 is 15.5 Å². The monoisotopic (exact) mass is 478 g/mol. The van der Waals surface area contributed by atoms with Crippen LogP contribution < -0.4 is 5.32 Å². The average Bonchev–Trinajstić information content (AvgIpc) is 3.31. The van der Waals surface area contributed by atoms with E-state index in [1.54, 1.807) is 37.7 Å². The number of aryl methyl sites for hydroxylation is 1. The quantitative estimate of drug-likeness (QED) is 0.235. The minimum Gasteiger partial charge on any atom is -0.396 e. The summed E-state index contributed by atoms with van der Waals surface area (Å²) in [5, 5.41) is 29.8. The number of hydrogen-bond donors (Lipinski definition) is 3. The number of Topliss-reactive ketones (excluding diaryl/α,β-unsaturated/α-hetero) is 1. The fourth-order valence-electron chi connectivity index (χ4n) is 3.49. The van der Waals surface area contributed by atoms with Gasteiger partial charge in [0.1, 0.15) is 11.8 Å². The van der Waals surface area contributed by atoms with E-state index in [-0.39, 0.29) is 24.1 Å². The third kappa shape index (κ3) is 6.84. The number of ketones is 1. The van der Waals surface area contributed by atoms with E-state index >= 15 is 0 Å². The van der Waals surface area contributed by atoms with Crippen LogP contribution in [0.5, 0.6) is 0 Å². The van der Waals surface area contributed by atoms with Crippen LogP contribution in [-0.2, 0) is 27.5 Å². The van der Waals surface area contributed by atoms with Crippen LogP contribution >= 0.6 is 11.8 Å². The number of carbonyl (C=O) groups is 3. The summed E-state index contributed by atoms with van der Waals surface area (Å²) in [7, 11) is 0. The molecule has 182 valence electrons. The average molecular weight is 479 g/mol. The van der Waals surface area contributed by atoms with Crippen LogP contribution in [0.4, 0.5) is 0 Å². The van der Waals surface area contributed by atoms with Gasteiger partial charge in [0, 0.05) is 12.0 Å². The van der Waals surface area contributed by atoms with Gasteiger partial charge in [-0.2, -0.15) is 0 Å². The minimum atomic E-state index is -1.34. The van der Waals surface area contributed by atoms with E-state index in [0.29, 0.717) is 25.1 Å². The van der Waals surface area contributed by atoms with E-state index in [1.165, 1.54) is 0 Å². The second-order valence-corrected chi connectivity index (χ2v) is 10.7. The maximum Gasteiger partial charge on any atom is 0.249 e. The van der Waals surface area contributed by atoms with Crippen LogP contribution in [0.3, 0.4) is 0 Å². The lowest BCUT2D eigenvalue weighted by molar-refractivity contribution is -0.137. The fourth-order valence-corrected chi connectivity index (χ4v) is 4.77. The van der Waals surface area contributed by atoms with Gasteiger partial charge in [-0.15, -0.1) is 5.10 Å². The van der Waals surface area contributed by atoms with Crippen molar-refractivity contribution in [2.45, 2.75) is 70.9 Å². The summed E-state index contributed by atoms with van der Waals surface area (Å²) in [6.45, 7) is 10.9. The second kappa shape index (κ2) is 11.2. The molecule has 3 atom stereocenters. The first kappa shape index (κ1) is 26.9. The van der Waals surface area contributed by atoms with E-state index in [0.717, 1.165) is 23.8 Å². The van der Waals surface area contributed by atoms with Crippen molar-refractivity contribution >= 4 is 28.6 Å². The van der Waals surface area contributed by atoms with Crippen molar-refractivity contribution in [2.24, 2.45) is 11.3 Å². The van der Waals surface area contributed by atoms with Crippen LogP contribution in [0, 0.1) is 11.3 Å². The van der Waals surface area contributed by atoms with Gasteiger partial charge in [0.2, 0.25) is 11.0 Å². The zero-order valence-corrected chi connectivity index (χ0v) is 20.5. The highest BCUT2D eigenvalue weighted by Gasteiger charge is 2.49. The first-order valence-corrected chi connectivity index (χ1v) is 11.8. The van der Waals surface area contributed by atoms with Gasteiger partial charge in [0.05, 0.1) is 30.0 Å². The zero-order valence-electron chi connectivity index (χ0n) is 19.7. The van der Waals surface area contributed by atoms with Crippen molar-refractivity contribution in [1.29, 1.82) is 0 Å². The molecule has 0 aromatic carbocycles. The van der Waals surface area contributed by atoms with Crippen molar-refractivity contribution in [3.63, 3.8) is 0 Å². The van der Waals surface area contributed by atoms with Crippen LogP contribution in [-0.4, -0.2) is 59.5 Å². The summed E-state index contributed by atoms with van der Waals surface area (Å²) in [5.74, 6) is -1.23. The highest BCUT2D eigenvalue weighted by atomic mass is 32.2. The van der Waals surface area contributed by atoms with Gasteiger partial charge in [0.15, 0.2) is 5.78 Å². The number of allylic oxidation sites excluding steroid dienone is 2. The predicted molar refractivity (Wildman–Crippen MR) is 126 cm³/mol. The predicted octanol–water partition coefficient (Wildman–Crippen LogP) is 1.79. The van der Waals surface area contributed by atoms with Crippen molar-refractivity contribution in [3.05, 3.63) is 36.2 Å². The van der Waals surface area contributed by atoms with Gasteiger partial charge in [0.25, 0.3) is 0 Å². The first-order chi connectivity index (χ1) is 15.4. The highest BCUT2D eigenvalue weighted by Crippen LogP contribution is 2.43. The van der Waals surface area contributed by atoms with Crippen LogP contribution in [0.25, 0.3) is 0 Å². The van der Waals surface area contributed by atoms with E-state index < -0.39 is 28.1 Å². The third-order valence-corrected chi connectivity index (χ3v) is 7.01. The summed E-state index contributed by atoms with van der Waals surface area (Å²) in [5.41, 5.74) is 0.465. The van der Waals surface area contributed by atoms with Gasteiger partial charge in [-0.05, 0) is 26.7 Å². The molecule has 2 rings (SSSR count). The first-order valence-electron chi connectivity index (χ1n) is 11.0. The zero-order chi connectivity index (χ0) is 24.8. The number of nitrogens with zero attached hydrogens (tertiary/aromatic N) is 3. The van der Waals surface area contributed by atoms with Crippen molar-refractivity contribution in [2.75, 3.05) is 6.61 Å². The fraction of sp³-hybridized carbons (Fsp3) is 0.609. The Balaban J connectivity index is 1.79. The summed E-state index contributed by atoms with van der Waals surface area (Å²) in [6, 6.07) is 0. The number of carbonyl (C=O) groups excluding carboxylic acids is 3. The van der Waals surface area contributed by atoms with Crippen LogP contribution in [0.15, 0.2) is 30.5 Å². The van der Waals surface area contributed by atoms with Gasteiger partial charge in [-0.3, -0.25) is 19.1 Å². The topological polar surface area (TPSA) is 134 Å². The number of rotatable bonds is 12. The molecule has 1 unspecified atom stereocenters. The molecule has 1 aliphatic heterocycles. The molecule has 3 N–H and O–H groups in total. The largest absolute Gasteiger partial charge is 0.396 e. The SMILES string of the molecule is C=C/C(C)=C/[C@@]1(C)SC(=O)C(CCCCn2cc(CNC(=O)[C@H](O)C(C)(C)CO)nn2)C1=O. The Bertz CT molecular complexity index is 926. The molecule has 0 bridgehead atoms. The maximum absolute atomic E-state index is 12.8. The number of aromatic nitrogens is 3. The summed E-state index contributed by atoms with van der Waals surface area (Å²) >= 11 is 1.09. The molecule has 33 heavy (non-hydrogen) atoms. The third-order valence-electron chi connectivity index (χ3n) is 5.78. The lowest BCUT2D eigenvalue weighted by atomic mass is 9.87. The highest BCUT2D eigenvalue weighted by molar-refractivity contribution is 8.16. The molecule has 1 amide bonds. The second-order valence-electron chi connectivity index (χ2n) is 9.27. The molecule has 9 nitrogen and oxygen atoms in total. The Morgan fingerprint density at radius 1 is 1.42 bits per heavy atom. The molecular formula is C23H34N4O5S. The van der Waals surface area contributed by atoms with Crippen molar-refractivity contribution < 1.29 is 24.6 Å². The lowest BCUT2D eigenvalue weighted by Gasteiger charge is -2.26.